The molecule has 9 aromatic rings. The van der Waals surface area contributed by atoms with E-state index in [4.69, 9.17) is 0 Å². The number of hydrogen-bond acceptors (Lipinski definition) is 3. The van der Waals surface area contributed by atoms with Gasteiger partial charge in [-0.15, -0.1) is 0 Å². The minimum atomic E-state index is -0.287. The highest BCUT2D eigenvalue weighted by molar-refractivity contribution is 7.00. The maximum absolute atomic E-state index is 2.81. The molecule has 0 radical (unpaired) electrons. The van der Waals surface area contributed by atoms with E-state index in [2.05, 4.69) is 339 Å². The molecule has 0 atom stereocenters. The topological polar surface area (TPSA) is 9.72 Å². The lowest BCUT2D eigenvalue weighted by Gasteiger charge is -2.50. The van der Waals surface area contributed by atoms with Crippen molar-refractivity contribution in [2.24, 2.45) is 0 Å². The third-order valence-electron chi connectivity index (χ3n) is 25.6. The second-order valence-corrected chi connectivity index (χ2v) is 37.3. The summed E-state index contributed by atoms with van der Waals surface area (Å²) in [6.45, 7) is 58.7. The summed E-state index contributed by atoms with van der Waals surface area (Å²) in [7, 11) is 0. The third kappa shape index (κ3) is 9.30. The summed E-state index contributed by atoms with van der Waals surface area (Å²) in [5.74, 6) is 0. The maximum Gasteiger partial charge on any atom is 0.252 e. The molecule has 0 bridgehead atoms. The van der Waals surface area contributed by atoms with Crippen LogP contribution in [0, 0.1) is 13.8 Å². The summed E-state index contributed by atoms with van der Waals surface area (Å²) in [6.07, 6.45) is 4.56. The zero-order chi connectivity index (χ0) is 68.7. The van der Waals surface area contributed by atoms with Gasteiger partial charge in [0.15, 0.2) is 0 Å². The summed E-state index contributed by atoms with van der Waals surface area (Å²) in [5, 5.41) is 0. The normalized spacial score (nSPS) is 19.5. The molecule has 96 heavy (non-hydrogen) atoms. The van der Waals surface area contributed by atoms with Gasteiger partial charge in [0.2, 0.25) is 0 Å². The van der Waals surface area contributed by atoms with E-state index in [1.165, 1.54) is 140 Å². The number of rotatable bonds is 5. The van der Waals surface area contributed by atoms with Crippen molar-refractivity contribution in [3.8, 4) is 0 Å². The van der Waals surface area contributed by atoms with Gasteiger partial charge >= 0.3 is 0 Å². The van der Waals surface area contributed by atoms with Crippen LogP contribution >= 0.6 is 0 Å². The predicted octanol–water partition coefficient (Wildman–Crippen LogP) is 23.1. The Bertz CT molecular complexity index is 4690. The molecule has 0 aromatic heterocycles. The monoisotopic (exact) mass is 1260 g/mol. The first kappa shape index (κ1) is 64.4. The van der Waals surface area contributed by atoms with Crippen LogP contribution in [-0.2, 0) is 54.1 Å². The summed E-state index contributed by atoms with van der Waals surface area (Å²) in [5.41, 5.74) is 36.5. The van der Waals surface area contributed by atoms with Gasteiger partial charge in [-0.2, -0.15) is 0 Å². The fourth-order valence-electron chi connectivity index (χ4n) is 19.1. The van der Waals surface area contributed by atoms with E-state index in [-0.39, 0.29) is 60.9 Å². The van der Waals surface area contributed by atoms with Gasteiger partial charge in [-0.05, 0) is 238 Å². The molecule has 2 heterocycles. The maximum atomic E-state index is 2.81. The number of anilines is 9. The first-order valence-electron chi connectivity index (χ1n) is 36.4. The van der Waals surface area contributed by atoms with Gasteiger partial charge in [0.05, 0.1) is 5.69 Å². The molecule has 4 heteroatoms. The molecule has 6 aliphatic rings. The zero-order valence-electron chi connectivity index (χ0n) is 62.8. The Labute approximate surface area is 578 Å². The fraction of sp³-hybridized carbons (Fsp3) is 0.413. The predicted molar refractivity (Wildman–Crippen MR) is 414 cm³/mol. The molecular weight excluding hydrogens is 1160 g/mol. The van der Waals surface area contributed by atoms with Crippen molar-refractivity contribution < 1.29 is 0 Å². The molecule has 9 aromatic carbocycles. The van der Waals surface area contributed by atoms with Crippen LogP contribution < -0.4 is 31.1 Å². The Morgan fingerprint density at radius 1 is 0.302 bits per heavy atom. The summed E-state index contributed by atoms with van der Waals surface area (Å²) in [4.78, 5) is 8.21. The van der Waals surface area contributed by atoms with Crippen LogP contribution in [0.2, 0.25) is 0 Å². The van der Waals surface area contributed by atoms with Crippen molar-refractivity contribution in [2.45, 2.75) is 246 Å². The van der Waals surface area contributed by atoms with Gasteiger partial charge in [0.25, 0.3) is 6.71 Å². The van der Waals surface area contributed by atoms with Crippen LogP contribution in [0.4, 0.5) is 51.2 Å². The molecule has 4 aliphatic carbocycles. The van der Waals surface area contributed by atoms with Crippen LogP contribution in [0.1, 0.15) is 267 Å². The second-order valence-electron chi connectivity index (χ2n) is 37.3. The first-order chi connectivity index (χ1) is 44.7. The average molecular weight is 1260 g/mol. The quantitative estimate of drug-likeness (QED) is 0.159. The lowest BCUT2D eigenvalue weighted by Crippen LogP contribution is -2.62. The number of benzene rings is 9. The van der Waals surface area contributed by atoms with E-state index < -0.39 is 0 Å². The largest absolute Gasteiger partial charge is 0.311 e. The summed E-state index contributed by atoms with van der Waals surface area (Å²) < 4.78 is 0. The smallest absolute Gasteiger partial charge is 0.252 e. The van der Waals surface area contributed by atoms with Crippen molar-refractivity contribution >= 4 is 74.3 Å². The molecular formula is C92H106BN3. The van der Waals surface area contributed by atoms with Crippen LogP contribution in [0.3, 0.4) is 0 Å². The van der Waals surface area contributed by atoms with Crippen LogP contribution in [0.25, 0.3) is 0 Å². The highest BCUT2D eigenvalue weighted by atomic mass is 15.2. The Morgan fingerprint density at radius 3 is 0.948 bits per heavy atom. The third-order valence-corrected chi connectivity index (χ3v) is 25.6. The van der Waals surface area contributed by atoms with Gasteiger partial charge in [-0.25, -0.2) is 0 Å². The molecule has 3 nitrogen and oxygen atoms in total. The van der Waals surface area contributed by atoms with Crippen LogP contribution in [-0.4, -0.2) is 6.71 Å². The zero-order valence-corrected chi connectivity index (χ0v) is 62.8. The molecule has 492 valence electrons. The highest BCUT2D eigenvalue weighted by Crippen LogP contribution is 2.59. The Morgan fingerprint density at radius 2 is 0.583 bits per heavy atom. The van der Waals surface area contributed by atoms with Gasteiger partial charge in [0.1, 0.15) is 0 Å². The van der Waals surface area contributed by atoms with E-state index in [9.17, 15) is 0 Å². The molecule has 0 unspecified atom stereocenters. The minimum Gasteiger partial charge on any atom is -0.311 e. The van der Waals surface area contributed by atoms with E-state index in [0.717, 1.165) is 42.7 Å². The van der Waals surface area contributed by atoms with Crippen molar-refractivity contribution in [1.82, 2.24) is 0 Å². The van der Waals surface area contributed by atoms with Gasteiger partial charge < -0.3 is 14.7 Å². The lowest BCUT2D eigenvalue weighted by atomic mass is 9.32. The highest BCUT2D eigenvalue weighted by Gasteiger charge is 2.52. The fourth-order valence-corrected chi connectivity index (χ4v) is 19.1. The number of aryl methyl sites for hydroxylation is 2. The molecule has 0 amide bonds. The lowest BCUT2D eigenvalue weighted by molar-refractivity contribution is 0.332. The molecule has 0 saturated carbocycles. The number of fused-ring (bicyclic) bond motifs is 10. The SMILES string of the molecule is Cc1cc2c(cc1N1c3cc4c(cc3B3c5cc6c(cc5N(c5cc7c(cc5C)C(C)(C)c5ccccc5C7(C)C)c5cc(N(c7ccc(C(C)(C)C)cc7)c7ccc(C(C)(C)C)cc7)cc1c53)C(C)(C)CCC6(C)C)C(C)(C)c1ccccc1C4(C)C)C(C)(C)CCC2(C)C. The standard InChI is InChI=1S/C92H106BN3/c1-55-45-66-68(87(13,14)43-41-85(66,9)10)51-76(55)95-79-54-73-71(90(19,20)63-30-26-28-32-65(63)92(73,23)24)50-75(79)93-74-49-67-69(88(15,16)44-42-86(67,11)12)52-78(74)96(77-53-72-70(46-56(77)2)89(17,18)62-29-25-27-31-64(62)91(72,21)22)81-48-61(47-80(95)82(81)93)94(59-37-33-57(34-38-59)83(3,4)5)60-39-35-58(36-40-60)84(6,7)8/h25-40,45-54H,41-44H2,1-24H3. The van der Waals surface area contributed by atoms with Crippen LogP contribution in [0.15, 0.2) is 158 Å². The first-order valence-corrected chi connectivity index (χ1v) is 36.4. The second kappa shape index (κ2) is 20.5. The molecule has 0 saturated heterocycles. The van der Waals surface area contributed by atoms with Crippen molar-refractivity contribution in [2.75, 3.05) is 14.7 Å². The molecule has 0 spiro atoms. The molecule has 15 rings (SSSR count). The van der Waals surface area contributed by atoms with E-state index >= 15 is 0 Å². The van der Waals surface area contributed by atoms with E-state index in [1.54, 1.807) is 0 Å². The van der Waals surface area contributed by atoms with E-state index in [1.807, 2.05) is 0 Å². The molecule has 0 fully saturated rings. The van der Waals surface area contributed by atoms with Crippen LogP contribution in [0.5, 0.6) is 0 Å². The summed E-state index contributed by atoms with van der Waals surface area (Å²) in [6, 6.07) is 64.6. The number of hydrogen-bond donors (Lipinski definition) is 0. The molecule has 2 aliphatic heterocycles. The molecule has 0 N–H and O–H groups in total. The van der Waals surface area contributed by atoms with Crippen molar-refractivity contribution in [3.05, 3.63) is 247 Å². The number of nitrogens with zero attached hydrogens (tertiary/aromatic N) is 3. The van der Waals surface area contributed by atoms with Crippen molar-refractivity contribution in [1.29, 1.82) is 0 Å². The van der Waals surface area contributed by atoms with Crippen molar-refractivity contribution in [3.63, 3.8) is 0 Å². The van der Waals surface area contributed by atoms with Gasteiger partial charge in [-0.3, -0.25) is 0 Å². The summed E-state index contributed by atoms with van der Waals surface area (Å²) >= 11 is 0. The minimum absolute atomic E-state index is 0.0202. The average Bonchev–Trinajstić information content (AvgIpc) is 0.679. The van der Waals surface area contributed by atoms with E-state index in [0.29, 0.717) is 0 Å². The Hall–Kier alpha value is -7.56. The van der Waals surface area contributed by atoms with Gasteiger partial charge in [0, 0.05) is 67.2 Å². The Kier molecular flexibility index (Phi) is 13.8. The van der Waals surface area contributed by atoms with Gasteiger partial charge in [-0.1, -0.05) is 249 Å². The Balaban J connectivity index is 1.14.